The van der Waals surface area contributed by atoms with E-state index in [0.29, 0.717) is 42.4 Å². The van der Waals surface area contributed by atoms with Crippen LogP contribution in [0.5, 0.6) is 5.75 Å². The number of benzene rings is 1. The largest absolute Gasteiger partial charge is 0.493 e. The van der Waals surface area contributed by atoms with Crippen LogP contribution in [-0.4, -0.2) is 31.0 Å². The molecular weight excluding hydrogens is 320 g/mol. The summed E-state index contributed by atoms with van der Waals surface area (Å²) < 4.78 is 11.5. The third-order valence-electron chi connectivity index (χ3n) is 4.84. The molecular formula is C19H22N2O4. The lowest BCUT2D eigenvalue weighted by molar-refractivity contribution is -0.124. The molecule has 1 aliphatic heterocycles. The van der Waals surface area contributed by atoms with Crippen LogP contribution in [0.2, 0.25) is 0 Å². The van der Waals surface area contributed by atoms with Crippen molar-refractivity contribution < 1.29 is 18.7 Å². The van der Waals surface area contributed by atoms with Crippen molar-refractivity contribution in [2.45, 2.75) is 38.6 Å². The van der Waals surface area contributed by atoms with Gasteiger partial charge in [0.1, 0.15) is 23.1 Å². The number of piperidine rings is 1. The SMILES string of the molecule is Cc1oc2ccc(OCC3CC3)cc2c1C(=O)NC1CCCNC1=O. The van der Waals surface area contributed by atoms with Crippen molar-refractivity contribution in [2.24, 2.45) is 5.92 Å². The molecule has 2 aliphatic rings. The van der Waals surface area contributed by atoms with Crippen molar-refractivity contribution in [3.8, 4) is 5.75 Å². The number of amides is 2. The number of hydrogen-bond acceptors (Lipinski definition) is 4. The first kappa shape index (κ1) is 16.0. The molecule has 1 aromatic carbocycles. The van der Waals surface area contributed by atoms with Crippen molar-refractivity contribution in [3.05, 3.63) is 29.5 Å². The molecule has 2 aromatic rings. The van der Waals surface area contributed by atoms with E-state index in [1.54, 1.807) is 6.92 Å². The first-order chi connectivity index (χ1) is 12.1. The number of fused-ring (bicyclic) bond motifs is 1. The number of hydrogen-bond donors (Lipinski definition) is 2. The van der Waals surface area contributed by atoms with Gasteiger partial charge in [-0.1, -0.05) is 0 Å². The fraction of sp³-hybridized carbons (Fsp3) is 0.474. The molecule has 6 heteroatoms. The van der Waals surface area contributed by atoms with Crippen LogP contribution in [0.15, 0.2) is 22.6 Å². The third-order valence-corrected chi connectivity index (χ3v) is 4.84. The smallest absolute Gasteiger partial charge is 0.256 e. The second kappa shape index (κ2) is 6.43. The van der Waals surface area contributed by atoms with Gasteiger partial charge in [0.15, 0.2) is 0 Å². The Morgan fingerprint density at radius 2 is 2.20 bits per heavy atom. The van der Waals surface area contributed by atoms with Crippen molar-refractivity contribution in [1.29, 1.82) is 0 Å². The molecule has 0 bridgehead atoms. The number of rotatable bonds is 5. The summed E-state index contributed by atoms with van der Waals surface area (Å²) in [5.74, 6) is 1.54. The number of carbonyl (C=O) groups is 2. The quantitative estimate of drug-likeness (QED) is 0.875. The molecule has 6 nitrogen and oxygen atoms in total. The highest BCUT2D eigenvalue weighted by atomic mass is 16.5. The van der Waals surface area contributed by atoms with E-state index in [1.165, 1.54) is 12.8 Å². The van der Waals surface area contributed by atoms with E-state index in [0.717, 1.165) is 17.6 Å². The summed E-state index contributed by atoms with van der Waals surface area (Å²) in [6.45, 7) is 3.15. The molecule has 2 amide bonds. The molecule has 1 aromatic heterocycles. The number of nitrogens with one attached hydrogen (secondary N) is 2. The molecule has 4 rings (SSSR count). The summed E-state index contributed by atoms with van der Waals surface area (Å²) in [5.41, 5.74) is 1.12. The lowest BCUT2D eigenvalue weighted by Gasteiger charge is -2.22. The highest BCUT2D eigenvalue weighted by Crippen LogP contribution is 2.32. The van der Waals surface area contributed by atoms with Gasteiger partial charge in [0.2, 0.25) is 5.91 Å². The molecule has 2 heterocycles. The Morgan fingerprint density at radius 3 is 2.96 bits per heavy atom. The number of carbonyl (C=O) groups excluding carboxylic acids is 2. The first-order valence-corrected chi connectivity index (χ1v) is 8.86. The Bertz CT molecular complexity index is 822. The van der Waals surface area contributed by atoms with Gasteiger partial charge in [-0.3, -0.25) is 9.59 Å². The Morgan fingerprint density at radius 1 is 1.36 bits per heavy atom. The van der Waals surface area contributed by atoms with E-state index < -0.39 is 6.04 Å². The molecule has 132 valence electrons. The zero-order chi connectivity index (χ0) is 17.4. The predicted octanol–water partition coefficient (Wildman–Crippen LogP) is 2.54. The Balaban J connectivity index is 1.58. The monoisotopic (exact) mass is 342 g/mol. The van der Waals surface area contributed by atoms with Gasteiger partial charge in [0.25, 0.3) is 5.91 Å². The lowest BCUT2D eigenvalue weighted by atomic mass is 10.0. The van der Waals surface area contributed by atoms with Crippen molar-refractivity contribution in [3.63, 3.8) is 0 Å². The van der Waals surface area contributed by atoms with E-state index in [-0.39, 0.29) is 11.8 Å². The summed E-state index contributed by atoms with van der Waals surface area (Å²) in [4.78, 5) is 24.6. The van der Waals surface area contributed by atoms with Gasteiger partial charge in [-0.2, -0.15) is 0 Å². The second-order valence-corrected chi connectivity index (χ2v) is 6.90. The minimum absolute atomic E-state index is 0.126. The number of ether oxygens (including phenoxy) is 1. The molecule has 0 spiro atoms. The van der Waals surface area contributed by atoms with Gasteiger partial charge in [-0.25, -0.2) is 0 Å². The molecule has 1 aliphatic carbocycles. The van der Waals surface area contributed by atoms with Crippen LogP contribution in [0, 0.1) is 12.8 Å². The Hall–Kier alpha value is -2.50. The van der Waals surface area contributed by atoms with Crippen LogP contribution in [0.25, 0.3) is 11.0 Å². The summed E-state index contributed by atoms with van der Waals surface area (Å²) >= 11 is 0. The third kappa shape index (κ3) is 3.34. The summed E-state index contributed by atoms with van der Waals surface area (Å²) in [5, 5.41) is 6.33. The van der Waals surface area contributed by atoms with Crippen molar-refractivity contribution >= 4 is 22.8 Å². The zero-order valence-electron chi connectivity index (χ0n) is 14.3. The minimum atomic E-state index is -0.486. The topological polar surface area (TPSA) is 80.6 Å². The maximum atomic E-state index is 12.7. The van der Waals surface area contributed by atoms with Crippen LogP contribution >= 0.6 is 0 Å². The molecule has 1 saturated heterocycles. The van der Waals surface area contributed by atoms with Gasteiger partial charge in [0, 0.05) is 11.9 Å². The average Bonchev–Trinajstić information content (AvgIpc) is 3.36. The Labute approximate surface area is 145 Å². The fourth-order valence-corrected chi connectivity index (χ4v) is 3.21. The summed E-state index contributed by atoms with van der Waals surface area (Å²) in [6, 6.07) is 5.06. The van der Waals surface area contributed by atoms with E-state index in [2.05, 4.69) is 10.6 Å². The van der Waals surface area contributed by atoms with Gasteiger partial charge >= 0.3 is 0 Å². The van der Waals surface area contributed by atoms with E-state index in [9.17, 15) is 9.59 Å². The van der Waals surface area contributed by atoms with Crippen LogP contribution in [0.1, 0.15) is 41.8 Å². The van der Waals surface area contributed by atoms with Crippen LogP contribution in [0.3, 0.4) is 0 Å². The van der Waals surface area contributed by atoms with E-state index >= 15 is 0 Å². The van der Waals surface area contributed by atoms with E-state index in [4.69, 9.17) is 9.15 Å². The average molecular weight is 342 g/mol. The highest BCUT2D eigenvalue weighted by molar-refractivity contribution is 6.08. The van der Waals surface area contributed by atoms with Crippen molar-refractivity contribution in [1.82, 2.24) is 10.6 Å². The molecule has 1 atom stereocenters. The van der Waals surface area contributed by atoms with Gasteiger partial charge < -0.3 is 19.8 Å². The first-order valence-electron chi connectivity index (χ1n) is 8.86. The summed E-state index contributed by atoms with van der Waals surface area (Å²) in [7, 11) is 0. The summed E-state index contributed by atoms with van der Waals surface area (Å²) in [6.07, 6.45) is 3.97. The maximum Gasteiger partial charge on any atom is 0.256 e. The van der Waals surface area contributed by atoms with Gasteiger partial charge in [0.05, 0.1) is 12.2 Å². The predicted molar refractivity (Wildman–Crippen MR) is 92.7 cm³/mol. The second-order valence-electron chi connectivity index (χ2n) is 6.90. The van der Waals surface area contributed by atoms with Crippen LogP contribution in [-0.2, 0) is 4.79 Å². The lowest BCUT2D eigenvalue weighted by Crippen LogP contribution is -2.50. The highest BCUT2D eigenvalue weighted by Gasteiger charge is 2.27. The minimum Gasteiger partial charge on any atom is -0.493 e. The number of aryl methyl sites for hydroxylation is 1. The van der Waals surface area contributed by atoms with Crippen molar-refractivity contribution in [2.75, 3.05) is 13.2 Å². The van der Waals surface area contributed by atoms with Crippen LogP contribution < -0.4 is 15.4 Å². The molecule has 1 saturated carbocycles. The Kier molecular flexibility index (Phi) is 4.11. The van der Waals surface area contributed by atoms with Gasteiger partial charge in [-0.05, 0) is 56.7 Å². The molecule has 25 heavy (non-hydrogen) atoms. The molecule has 2 N–H and O–H groups in total. The number of furan rings is 1. The van der Waals surface area contributed by atoms with Crippen LogP contribution in [0.4, 0.5) is 0 Å². The standard InChI is InChI=1S/C19H22N2O4/c1-11-17(19(23)21-15-3-2-8-20-18(15)22)14-9-13(6-7-16(14)25-11)24-10-12-4-5-12/h6-7,9,12,15H,2-5,8,10H2,1H3,(H,20,22)(H,21,23). The molecule has 0 radical (unpaired) electrons. The molecule has 1 unspecified atom stereocenters. The normalized spacial score (nSPS) is 20.4. The molecule has 2 fully saturated rings. The zero-order valence-corrected chi connectivity index (χ0v) is 14.3. The van der Waals surface area contributed by atoms with Gasteiger partial charge in [-0.15, -0.1) is 0 Å². The fourth-order valence-electron chi connectivity index (χ4n) is 3.21. The van der Waals surface area contributed by atoms with E-state index in [1.807, 2.05) is 18.2 Å². The maximum absolute atomic E-state index is 12.7.